The highest BCUT2D eigenvalue weighted by atomic mass is 16.5. The van der Waals surface area contributed by atoms with Gasteiger partial charge in [0.2, 0.25) is 5.89 Å². The van der Waals surface area contributed by atoms with Crippen LogP contribution in [0.3, 0.4) is 0 Å². The van der Waals surface area contributed by atoms with Crippen LogP contribution >= 0.6 is 0 Å². The van der Waals surface area contributed by atoms with E-state index in [1.54, 1.807) is 25.3 Å². The van der Waals surface area contributed by atoms with Crippen molar-refractivity contribution in [2.75, 3.05) is 7.11 Å². The summed E-state index contributed by atoms with van der Waals surface area (Å²) in [6.45, 7) is 1.93. The Morgan fingerprint density at radius 2 is 2.32 bits per heavy atom. The number of amides is 1. The predicted octanol–water partition coefficient (Wildman–Crippen LogP) is 1.63. The Kier molecular flexibility index (Phi) is 3.70. The largest absolute Gasteiger partial charge is 0.504 e. The number of para-hydroxylation sites is 1. The van der Waals surface area contributed by atoms with Crippen LogP contribution in [-0.2, 0) is 6.54 Å². The SMILES string of the molecule is COc1cccc(C(=O)NCc2ncc(C)o2)c1O. The molecule has 0 saturated carbocycles. The lowest BCUT2D eigenvalue weighted by atomic mass is 10.1. The van der Waals surface area contributed by atoms with Gasteiger partial charge in [0, 0.05) is 0 Å². The molecule has 1 amide bonds. The van der Waals surface area contributed by atoms with E-state index >= 15 is 0 Å². The van der Waals surface area contributed by atoms with E-state index in [0.29, 0.717) is 11.7 Å². The molecule has 0 atom stereocenters. The van der Waals surface area contributed by atoms with E-state index in [1.807, 2.05) is 0 Å². The van der Waals surface area contributed by atoms with Gasteiger partial charge in [-0.05, 0) is 19.1 Å². The first kappa shape index (κ1) is 12.9. The van der Waals surface area contributed by atoms with E-state index in [0.717, 1.165) is 0 Å². The number of nitrogens with one attached hydrogen (secondary N) is 1. The van der Waals surface area contributed by atoms with Crippen molar-refractivity contribution in [3.8, 4) is 11.5 Å². The molecule has 2 aromatic rings. The number of carbonyl (C=O) groups excluding carboxylic acids is 1. The first-order valence-corrected chi connectivity index (χ1v) is 5.67. The molecule has 0 saturated heterocycles. The molecule has 1 heterocycles. The first-order chi connectivity index (χ1) is 9.11. The van der Waals surface area contributed by atoms with Crippen molar-refractivity contribution < 1.29 is 19.1 Å². The molecule has 0 bridgehead atoms. The van der Waals surface area contributed by atoms with Gasteiger partial charge in [0.25, 0.3) is 5.91 Å². The Morgan fingerprint density at radius 1 is 1.53 bits per heavy atom. The molecule has 1 aromatic carbocycles. The molecule has 0 unspecified atom stereocenters. The first-order valence-electron chi connectivity index (χ1n) is 5.67. The summed E-state index contributed by atoms with van der Waals surface area (Å²) in [5.41, 5.74) is 0.141. The number of ether oxygens (including phenoxy) is 1. The number of aromatic hydroxyl groups is 1. The number of hydrogen-bond donors (Lipinski definition) is 2. The highest BCUT2D eigenvalue weighted by Crippen LogP contribution is 2.29. The monoisotopic (exact) mass is 262 g/mol. The van der Waals surface area contributed by atoms with Crippen molar-refractivity contribution in [1.29, 1.82) is 0 Å². The third kappa shape index (κ3) is 2.85. The summed E-state index contributed by atoms with van der Waals surface area (Å²) < 4.78 is 10.2. The highest BCUT2D eigenvalue weighted by Gasteiger charge is 2.15. The number of oxazole rings is 1. The maximum absolute atomic E-state index is 11.9. The van der Waals surface area contributed by atoms with Crippen LogP contribution in [0.25, 0.3) is 0 Å². The molecule has 1 aromatic heterocycles. The average molecular weight is 262 g/mol. The number of aromatic nitrogens is 1. The quantitative estimate of drug-likeness (QED) is 0.874. The minimum Gasteiger partial charge on any atom is -0.504 e. The number of aryl methyl sites for hydroxylation is 1. The van der Waals surface area contributed by atoms with Crippen LogP contribution < -0.4 is 10.1 Å². The molecule has 0 fully saturated rings. The third-order valence-corrected chi connectivity index (χ3v) is 2.53. The van der Waals surface area contributed by atoms with Crippen LogP contribution in [0, 0.1) is 6.92 Å². The molecule has 19 heavy (non-hydrogen) atoms. The molecular weight excluding hydrogens is 248 g/mol. The van der Waals surface area contributed by atoms with Crippen molar-refractivity contribution in [3.05, 3.63) is 41.6 Å². The van der Waals surface area contributed by atoms with Gasteiger partial charge in [0.05, 0.1) is 25.4 Å². The van der Waals surface area contributed by atoms with Crippen LogP contribution in [0.5, 0.6) is 11.5 Å². The smallest absolute Gasteiger partial charge is 0.255 e. The van der Waals surface area contributed by atoms with Crippen LogP contribution in [-0.4, -0.2) is 23.1 Å². The molecule has 0 aliphatic heterocycles. The van der Waals surface area contributed by atoms with E-state index in [4.69, 9.17) is 9.15 Å². The number of methoxy groups -OCH3 is 1. The van der Waals surface area contributed by atoms with Gasteiger partial charge in [0.15, 0.2) is 11.5 Å². The summed E-state index contributed by atoms with van der Waals surface area (Å²) >= 11 is 0. The summed E-state index contributed by atoms with van der Waals surface area (Å²) in [5, 5.41) is 12.4. The summed E-state index contributed by atoms with van der Waals surface area (Å²) in [6, 6.07) is 4.71. The Hall–Kier alpha value is -2.50. The lowest BCUT2D eigenvalue weighted by Crippen LogP contribution is -2.23. The summed E-state index contributed by atoms with van der Waals surface area (Å²) in [6.07, 6.45) is 1.57. The Labute approximate surface area is 110 Å². The number of nitrogens with zero attached hydrogens (tertiary/aromatic N) is 1. The van der Waals surface area contributed by atoms with E-state index in [1.165, 1.54) is 13.2 Å². The van der Waals surface area contributed by atoms with E-state index < -0.39 is 5.91 Å². The van der Waals surface area contributed by atoms with Gasteiger partial charge < -0.3 is 19.6 Å². The second kappa shape index (κ2) is 5.43. The fourth-order valence-electron chi connectivity index (χ4n) is 1.60. The molecule has 6 nitrogen and oxygen atoms in total. The van der Waals surface area contributed by atoms with Crippen LogP contribution in [0.15, 0.2) is 28.8 Å². The molecule has 2 N–H and O–H groups in total. The number of carbonyl (C=O) groups is 1. The van der Waals surface area contributed by atoms with E-state index in [2.05, 4.69) is 10.3 Å². The van der Waals surface area contributed by atoms with Crippen molar-refractivity contribution in [2.45, 2.75) is 13.5 Å². The van der Waals surface area contributed by atoms with Gasteiger partial charge >= 0.3 is 0 Å². The zero-order valence-corrected chi connectivity index (χ0v) is 10.6. The molecule has 100 valence electrons. The fourth-order valence-corrected chi connectivity index (χ4v) is 1.60. The second-order valence-electron chi connectivity index (χ2n) is 3.90. The molecule has 0 radical (unpaired) electrons. The van der Waals surface area contributed by atoms with Crippen molar-refractivity contribution in [3.63, 3.8) is 0 Å². The van der Waals surface area contributed by atoms with Gasteiger partial charge in [-0.15, -0.1) is 0 Å². The average Bonchev–Trinajstić information content (AvgIpc) is 2.82. The molecule has 0 aliphatic rings. The Bertz CT molecular complexity index is 592. The van der Waals surface area contributed by atoms with Crippen LogP contribution in [0.1, 0.15) is 22.0 Å². The minimum absolute atomic E-state index is 0.141. The molecule has 2 rings (SSSR count). The zero-order valence-electron chi connectivity index (χ0n) is 10.6. The van der Waals surface area contributed by atoms with Gasteiger partial charge in [-0.1, -0.05) is 6.07 Å². The molecule has 6 heteroatoms. The third-order valence-electron chi connectivity index (χ3n) is 2.53. The summed E-state index contributed by atoms with van der Waals surface area (Å²) in [5.74, 6) is 0.722. The van der Waals surface area contributed by atoms with Crippen molar-refractivity contribution in [2.24, 2.45) is 0 Å². The van der Waals surface area contributed by atoms with Crippen LogP contribution in [0.2, 0.25) is 0 Å². The number of phenolic OH excluding ortho intramolecular Hbond substituents is 1. The van der Waals surface area contributed by atoms with E-state index in [9.17, 15) is 9.90 Å². The van der Waals surface area contributed by atoms with Gasteiger partial charge in [-0.3, -0.25) is 4.79 Å². The molecule has 0 aliphatic carbocycles. The normalized spacial score (nSPS) is 10.2. The number of rotatable bonds is 4. The van der Waals surface area contributed by atoms with Crippen molar-refractivity contribution >= 4 is 5.91 Å². The number of benzene rings is 1. The minimum atomic E-state index is -0.424. The number of hydrogen-bond acceptors (Lipinski definition) is 5. The standard InChI is InChI=1S/C13H14N2O4/c1-8-6-14-11(19-8)7-15-13(17)9-4-3-5-10(18-2)12(9)16/h3-6,16H,7H2,1-2H3,(H,15,17). The molecular formula is C13H14N2O4. The van der Waals surface area contributed by atoms with Crippen molar-refractivity contribution in [1.82, 2.24) is 10.3 Å². The Morgan fingerprint density at radius 3 is 2.95 bits per heavy atom. The highest BCUT2D eigenvalue weighted by molar-refractivity contribution is 5.97. The maximum Gasteiger partial charge on any atom is 0.255 e. The summed E-state index contributed by atoms with van der Waals surface area (Å²) in [7, 11) is 1.42. The Balaban J connectivity index is 2.08. The lowest BCUT2D eigenvalue weighted by molar-refractivity contribution is 0.0944. The second-order valence-corrected chi connectivity index (χ2v) is 3.90. The number of phenols is 1. The molecule has 0 spiro atoms. The predicted molar refractivity (Wildman–Crippen MR) is 67.1 cm³/mol. The maximum atomic E-state index is 11.9. The van der Waals surface area contributed by atoms with Gasteiger partial charge in [-0.25, -0.2) is 4.98 Å². The van der Waals surface area contributed by atoms with Gasteiger partial charge in [0.1, 0.15) is 5.76 Å². The zero-order chi connectivity index (χ0) is 13.8. The fraction of sp³-hybridized carbons (Fsp3) is 0.231. The topological polar surface area (TPSA) is 84.6 Å². The van der Waals surface area contributed by atoms with E-state index in [-0.39, 0.29) is 23.6 Å². The van der Waals surface area contributed by atoms with Gasteiger partial charge in [-0.2, -0.15) is 0 Å². The summed E-state index contributed by atoms with van der Waals surface area (Å²) in [4.78, 5) is 15.9. The lowest BCUT2D eigenvalue weighted by Gasteiger charge is -2.08. The van der Waals surface area contributed by atoms with Crippen LogP contribution in [0.4, 0.5) is 0 Å².